The highest BCUT2D eigenvalue weighted by Gasteiger charge is 1.97. The van der Waals surface area contributed by atoms with Crippen LogP contribution in [-0.4, -0.2) is 23.5 Å². The summed E-state index contributed by atoms with van der Waals surface area (Å²) >= 11 is 0. The van der Waals surface area contributed by atoms with E-state index in [1.165, 1.54) is 6.92 Å². The van der Waals surface area contributed by atoms with E-state index < -0.39 is 18.4 Å². The molecule has 0 aromatic carbocycles. The van der Waals surface area contributed by atoms with Gasteiger partial charge in [-0.3, -0.25) is 14.9 Å². The molecule has 2 N–H and O–H groups in total. The van der Waals surface area contributed by atoms with Crippen LogP contribution in [0.1, 0.15) is 6.92 Å². The van der Waals surface area contributed by atoms with Gasteiger partial charge in [-0.2, -0.15) is 0 Å². The van der Waals surface area contributed by atoms with Crippen molar-refractivity contribution in [2.24, 2.45) is 0 Å². The van der Waals surface area contributed by atoms with Crippen LogP contribution >= 0.6 is 0 Å². The van der Waals surface area contributed by atoms with Crippen LogP contribution in [0, 0.1) is 0 Å². The van der Waals surface area contributed by atoms with Crippen molar-refractivity contribution in [2.75, 3.05) is 6.61 Å². The topological polar surface area (TPSA) is 66.4 Å². The predicted octanol–water partition coefficient (Wildman–Crippen LogP) is -1.36. The molecule has 0 atom stereocenters. The second-order valence-electron chi connectivity index (χ2n) is 1.26. The lowest BCUT2D eigenvalue weighted by Gasteiger charge is -1.92. The molecule has 46 valence electrons. The first-order valence-electron chi connectivity index (χ1n) is 2.08. The van der Waals surface area contributed by atoms with Crippen molar-refractivity contribution in [3.05, 3.63) is 0 Å². The summed E-state index contributed by atoms with van der Waals surface area (Å²) < 4.78 is 0. The molecule has 0 aliphatic rings. The monoisotopic (exact) mass is 117 g/mol. The summed E-state index contributed by atoms with van der Waals surface area (Å²) in [4.78, 5) is 20.0. The number of aliphatic hydroxyl groups is 1. The third kappa shape index (κ3) is 3.30. The number of carbonyl (C=O) groups is 2. The molecule has 0 aliphatic heterocycles. The van der Waals surface area contributed by atoms with E-state index >= 15 is 0 Å². The number of aliphatic hydroxyl groups excluding tert-OH is 1. The van der Waals surface area contributed by atoms with Crippen molar-refractivity contribution in [3.8, 4) is 0 Å². The van der Waals surface area contributed by atoms with Gasteiger partial charge in [0.15, 0.2) is 0 Å². The molecule has 0 saturated heterocycles. The highest BCUT2D eigenvalue weighted by atomic mass is 16.3. The zero-order valence-corrected chi connectivity index (χ0v) is 4.47. The molecule has 0 aromatic rings. The minimum absolute atomic E-state index is 0.455. The Morgan fingerprint density at radius 1 is 1.62 bits per heavy atom. The molecule has 0 spiro atoms. The second kappa shape index (κ2) is 3.15. The van der Waals surface area contributed by atoms with E-state index in [2.05, 4.69) is 0 Å². The minimum Gasteiger partial charge on any atom is -0.387 e. The van der Waals surface area contributed by atoms with E-state index in [0.717, 1.165) is 0 Å². The molecule has 0 unspecified atom stereocenters. The lowest BCUT2D eigenvalue weighted by Crippen LogP contribution is -2.30. The zero-order chi connectivity index (χ0) is 6.57. The Labute approximate surface area is 46.5 Å². The van der Waals surface area contributed by atoms with E-state index in [0.29, 0.717) is 0 Å². The lowest BCUT2D eigenvalue weighted by atomic mass is 10.6. The van der Waals surface area contributed by atoms with Crippen molar-refractivity contribution in [1.29, 1.82) is 0 Å². The standard InChI is InChI=1S/C4H7NO3/c1-3(7)5-4(8)2-6/h6H,2H2,1H3,(H,5,7,8). The minimum atomic E-state index is -0.669. The van der Waals surface area contributed by atoms with E-state index in [4.69, 9.17) is 5.11 Å². The summed E-state index contributed by atoms with van der Waals surface area (Å²) in [6.45, 7) is 0.563. The van der Waals surface area contributed by atoms with Crippen molar-refractivity contribution >= 4 is 11.8 Å². The fourth-order valence-corrected chi connectivity index (χ4v) is 0.236. The predicted molar refractivity (Wildman–Crippen MR) is 25.9 cm³/mol. The first-order chi connectivity index (χ1) is 3.66. The molecular weight excluding hydrogens is 110 g/mol. The normalized spacial score (nSPS) is 8.25. The van der Waals surface area contributed by atoms with Gasteiger partial charge in [0.2, 0.25) is 5.91 Å². The van der Waals surface area contributed by atoms with Crippen LogP contribution in [0.5, 0.6) is 0 Å². The number of rotatable bonds is 1. The average Bonchev–Trinajstić information content (AvgIpc) is 1.65. The van der Waals surface area contributed by atoms with Crippen LogP contribution in [0.15, 0.2) is 0 Å². The van der Waals surface area contributed by atoms with Crippen LogP contribution in [0.4, 0.5) is 0 Å². The maximum Gasteiger partial charge on any atom is 0.252 e. The molecule has 0 aliphatic carbocycles. The van der Waals surface area contributed by atoms with Crippen LogP contribution < -0.4 is 5.32 Å². The van der Waals surface area contributed by atoms with Gasteiger partial charge >= 0.3 is 0 Å². The van der Waals surface area contributed by atoms with E-state index in [9.17, 15) is 9.59 Å². The largest absolute Gasteiger partial charge is 0.387 e. The summed E-state index contributed by atoms with van der Waals surface area (Å²) in [6, 6.07) is 0. The molecule has 0 rings (SSSR count). The van der Waals surface area contributed by atoms with Crippen LogP contribution in [0.3, 0.4) is 0 Å². The van der Waals surface area contributed by atoms with Gasteiger partial charge in [0.1, 0.15) is 6.61 Å². The highest BCUT2D eigenvalue weighted by Crippen LogP contribution is 1.61. The summed E-state index contributed by atoms with van der Waals surface area (Å²) in [5, 5.41) is 9.88. The summed E-state index contributed by atoms with van der Waals surface area (Å²) in [5.41, 5.74) is 0. The van der Waals surface area contributed by atoms with Gasteiger partial charge in [-0.1, -0.05) is 0 Å². The lowest BCUT2D eigenvalue weighted by molar-refractivity contribution is -0.131. The molecule has 4 heteroatoms. The molecule has 0 radical (unpaired) electrons. The number of hydrogen-bond acceptors (Lipinski definition) is 3. The molecule has 4 nitrogen and oxygen atoms in total. The van der Waals surface area contributed by atoms with Crippen molar-refractivity contribution in [1.82, 2.24) is 5.32 Å². The number of amides is 2. The third-order valence-corrected chi connectivity index (χ3v) is 0.459. The summed E-state index contributed by atoms with van der Waals surface area (Å²) in [7, 11) is 0. The second-order valence-corrected chi connectivity index (χ2v) is 1.26. The van der Waals surface area contributed by atoms with E-state index in [1.807, 2.05) is 5.32 Å². The van der Waals surface area contributed by atoms with Gasteiger partial charge in [0.05, 0.1) is 0 Å². The number of imide groups is 1. The van der Waals surface area contributed by atoms with Crippen LogP contribution in [0.25, 0.3) is 0 Å². The van der Waals surface area contributed by atoms with Gasteiger partial charge in [-0.15, -0.1) is 0 Å². The fourth-order valence-electron chi connectivity index (χ4n) is 0.236. The van der Waals surface area contributed by atoms with E-state index in [-0.39, 0.29) is 0 Å². The highest BCUT2D eigenvalue weighted by molar-refractivity contribution is 5.94. The Kier molecular flexibility index (Phi) is 2.79. The number of hydrogen-bond donors (Lipinski definition) is 2. The first-order valence-corrected chi connectivity index (χ1v) is 2.08. The van der Waals surface area contributed by atoms with Crippen molar-refractivity contribution < 1.29 is 14.7 Å². The van der Waals surface area contributed by atoms with Gasteiger partial charge in [-0.25, -0.2) is 0 Å². The smallest absolute Gasteiger partial charge is 0.252 e. The Morgan fingerprint density at radius 3 is 2.25 bits per heavy atom. The molecule has 2 amide bonds. The summed E-state index contributed by atoms with van der Waals surface area (Å²) in [5.74, 6) is -1.12. The summed E-state index contributed by atoms with van der Waals surface area (Å²) in [6.07, 6.45) is 0. The van der Waals surface area contributed by atoms with Gasteiger partial charge in [0, 0.05) is 6.92 Å². The molecule has 8 heavy (non-hydrogen) atoms. The quantitative estimate of drug-likeness (QED) is 0.446. The SMILES string of the molecule is CC(=O)NC(=O)CO. The maximum absolute atomic E-state index is 10.0. The van der Waals surface area contributed by atoms with Crippen LogP contribution in [-0.2, 0) is 9.59 Å². The Morgan fingerprint density at radius 2 is 2.12 bits per heavy atom. The molecule has 0 fully saturated rings. The number of carbonyl (C=O) groups excluding carboxylic acids is 2. The molecule has 0 heterocycles. The van der Waals surface area contributed by atoms with Crippen LogP contribution in [0.2, 0.25) is 0 Å². The Hall–Kier alpha value is -0.900. The maximum atomic E-state index is 10.0. The zero-order valence-electron chi connectivity index (χ0n) is 4.47. The van der Waals surface area contributed by atoms with Gasteiger partial charge in [0.25, 0.3) is 5.91 Å². The third-order valence-electron chi connectivity index (χ3n) is 0.459. The Balaban J connectivity index is 3.40. The van der Waals surface area contributed by atoms with E-state index in [1.54, 1.807) is 0 Å². The molecule has 0 bridgehead atoms. The molecule has 0 saturated carbocycles. The number of nitrogens with one attached hydrogen (secondary N) is 1. The Bertz CT molecular complexity index is 110. The van der Waals surface area contributed by atoms with Gasteiger partial charge < -0.3 is 5.11 Å². The molecule has 0 aromatic heterocycles. The van der Waals surface area contributed by atoms with Crippen molar-refractivity contribution in [3.63, 3.8) is 0 Å². The first kappa shape index (κ1) is 7.10. The average molecular weight is 117 g/mol. The van der Waals surface area contributed by atoms with Gasteiger partial charge in [-0.05, 0) is 0 Å². The van der Waals surface area contributed by atoms with Crippen molar-refractivity contribution in [2.45, 2.75) is 6.92 Å². The molecular formula is C4H7NO3. The fraction of sp³-hybridized carbons (Fsp3) is 0.500.